The lowest BCUT2D eigenvalue weighted by Crippen LogP contribution is -2.30. The summed E-state index contributed by atoms with van der Waals surface area (Å²) in [7, 11) is -3.37. The number of benzene rings is 2. The Labute approximate surface area is 156 Å². The van der Waals surface area contributed by atoms with Gasteiger partial charge in [-0.1, -0.05) is 29.3 Å². The first kappa shape index (κ1) is 19.6. The van der Waals surface area contributed by atoms with E-state index in [2.05, 4.69) is 5.32 Å². The monoisotopic (exact) mass is 401 g/mol. The second-order valence-electron chi connectivity index (χ2n) is 5.57. The summed E-state index contributed by atoms with van der Waals surface area (Å²) < 4.78 is 28.9. The number of amides is 1. The Hall–Kier alpha value is -1.76. The van der Waals surface area contributed by atoms with E-state index in [4.69, 9.17) is 27.9 Å². The summed E-state index contributed by atoms with van der Waals surface area (Å²) in [6.07, 6.45) is 0.261. The largest absolute Gasteiger partial charge is 0.479 e. The van der Waals surface area contributed by atoms with Gasteiger partial charge in [0, 0.05) is 17.0 Å². The first-order chi connectivity index (χ1) is 11.6. The fraction of sp³-hybridized carbons (Fsp3) is 0.235. The lowest BCUT2D eigenvalue weighted by atomic mass is 10.2. The van der Waals surface area contributed by atoms with Gasteiger partial charge in [-0.25, -0.2) is 8.42 Å². The second-order valence-corrected chi connectivity index (χ2v) is 8.43. The van der Waals surface area contributed by atoms with Gasteiger partial charge in [0.1, 0.15) is 5.75 Å². The molecule has 0 aliphatic carbocycles. The lowest BCUT2D eigenvalue weighted by molar-refractivity contribution is -0.122. The van der Waals surface area contributed by atoms with Crippen LogP contribution < -0.4 is 10.1 Å². The molecule has 1 atom stereocenters. The molecule has 0 aromatic heterocycles. The summed E-state index contributed by atoms with van der Waals surface area (Å²) in [5.41, 5.74) is 1.14. The molecule has 0 aliphatic rings. The Morgan fingerprint density at radius 3 is 2.44 bits per heavy atom. The molecule has 2 aromatic rings. The molecule has 1 amide bonds. The van der Waals surface area contributed by atoms with Crippen LogP contribution in [0.1, 0.15) is 12.5 Å². The van der Waals surface area contributed by atoms with Gasteiger partial charge in [0.05, 0.1) is 9.92 Å². The molecule has 0 bridgehead atoms. The predicted octanol–water partition coefficient (Wildman–Crippen LogP) is 4.11. The van der Waals surface area contributed by atoms with Gasteiger partial charge in [-0.05, 0) is 49.7 Å². The number of anilines is 1. The van der Waals surface area contributed by atoms with E-state index in [1.54, 1.807) is 32.0 Å². The van der Waals surface area contributed by atoms with Gasteiger partial charge >= 0.3 is 0 Å². The molecule has 0 spiro atoms. The number of sulfone groups is 1. The van der Waals surface area contributed by atoms with Crippen molar-refractivity contribution in [1.82, 2.24) is 0 Å². The van der Waals surface area contributed by atoms with Crippen molar-refractivity contribution >= 4 is 44.6 Å². The molecule has 0 heterocycles. The maximum absolute atomic E-state index is 12.4. The van der Waals surface area contributed by atoms with Crippen LogP contribution in [-0.4, -0.2) is 26.7 Å². The molecule has 134 valence electrons. The topological polar surface area (TPSA) is 72.5 Å². The Morgan fingerprint density at radius 1 is 1.16 bits per heavy atom. The molecule has 1 N–H and O–H groups in total. The van der Waals surface area contributed by atoms with Crippen LogP contribution in [0.15, 0.2) is 41.3 Å². The average Bonchev–Trinajstić information content (AvgIpc) is 2.50. The van der Waals surface area contributed by atoms with Gasteiger partial charge < -0.3 is 10.1 Å². The van der Waals surface area contributed by atoms with Crippen molar-refractivity contribution < 1.29 is 17.9 Å². The van der Waals surface area contributed by atoms with Crippen LogP contribution in [0.25, 0.3) is 0 Å². The molecule has 2 rings (SSSR count). The van der Waals surface area contributed by atoms with Crippen molar-refractivity contribution in [1.29, 1.82) is 0 Å². The highest BCUT2D eigenvalue weighted by Gasteiger charge is 2.18. The summed E-state index contributed by atoms with van der Waals surface area (Å²) in [4.78, 5) is 12.5. The average molecular weight is 402 g/mol. The third-order valence-corrected chi connectivity index (χ3v) is 5.10. The minimum absolute atomic E-state index is 0.128. The molecule has 5 nitrogen and oxygen atoms in total. The Kier molecular flexibility index (Phi) is 5.98. The highest BCUT2D eigenvalue weighted by Crippen LogP contribution is 2.28. The van der Waals surface area contributed by atoms with Crippen LogP contribution in [0.3, 0.4) is 0 Å². The molecule has 2 aromatic carbocycles. The Bertz CT molecular complexity index is 913. The molecular weight excluding hydrogens is 385 g/mol. The van der Waals surface area contributed by atoms with Crippen LogP contribution in [0.2, 0.25) is 10.0 Å². The van der Waals surface area contributed by atoms with Crippen molar-refractivity contribution in [3.63, 3.8) is 0 Å². The molecule has 8 heteroatoms. The van der Waals surface area contributed by atoms with Crippen LogP contribution in [0.4, 0.5) is 5.69 Å². The first-order valence-corrected chi connectivity index (χ1v) is 9.96. The van der Waals surface area contributed by atoms with E-state index in [0.29, 0.717) is 21.5 Å². The molecule has 0 fully saturated rings. The zero-order chi connectivity index (χ0) is 18.8. The van der Waals surface area contributed by atoms with Gasteiger partial charge in [0.15, 0.2) is 15.9 Å². The van der Waals surface area contributed by atoms with Crippen molar-refractivity contribution in [2.75, 3.05) is 11.6 Å². The van der Waals surface area contributed by atoms with E-state index < -0.39 is 21.8 Å². The fourth-order valence-corrected chi connectivity index (χ4v) is 3.12. The van der Waals surface area contributed by atoms with Gasteiger partial charge in [0.2, 0.25) is 0 Å². The van der Waals surface area contributed by atoms with Gasteiger partial charge in [-0.3, -0.25) is 4.79 Å². The SMILES string of the molecule is Cc1ccc(S(C)(=O)=O)cc1NC(=O)C(C)Oc1ccc(Cl)cc1Cl. The lowest BCUT2D eigenvalue weighted by Gasteiger charge is -2.17. The van der Waals surface area contributed by atoms with Crippen molar-refractivity contribution in [2.45, 2.75) is 24.8 Å². The maximum Gasteiger partial charge on any atom is 0.265 e. The number of aryl methyl sites for hydroxylation is 1. The minimum atomic E-state index is -3.37. The molecule has 0 saturated heterocycles. The summed E-state index contributed by atoms with van der Waals surface area (Å²) in [5, 5.41) is 3.43. The first-order valence-electron chi connectivity index (χ1n) is 7.31. The van der Waals surface area contributed by atoms with Gasteiger partial charge in [-0.15, -0.1) is 0 Å². The van der Waals surface area contributed by atoms with E-state index in [1.807, 2.05) is 0 Å². The van der Waals surface area contributed by atoms with Gasteiger partial charge in [-0.2, -0.15) is 0 Å². The Morgan fingerprint density at radius 2 is 1.84 bits per heavy atom. The molecule has 0 saturated carbocycles. The van der Waals surface area contributed by atoms with Gasteiger partial charge in [0.25, 0.3) is 5.91 Å². The van der Waals surface area contributed by atoms with Crippen LogP contribution in [0.5, 0.6) is 5.75 Å². The summed E-state index contributed by atoms with van der Waals surface area (Å²) >= 11 is 11.9. The highest BCUT2D eigenvalue weighted by molar-refractivity contribution is 7.90. The van der Waals surface area contributed by atoms with E-state index >= 15 is 0 Å². The van der Waals surface area contributed by atoms with E-state index in [0.717, 1.165) is 11.8 Å². The second kappa shape index (κ2) is 7.64. The van der Waals surface area contributed by atoms with Crippen LogP contribution >= 0.6 is 23.2 Å². The van der Waals surface area contributed by atoms with E-state index in [-0.39, 0.29) is 4.90 Å². The normalized spacial score (nSPS) is 12.5. The molecular formula is C17H17Cl2NO4S. The standard InChI is InChI=1S/C17H17Cl2NO4S/c1-10-4-6-13(25(3,22)23)9-15(10)20-17(21)11(2)24-16-7-5-12(18)8-14(16)19/h4-9,11H,1-3H3,(H,20,21). The number of ether oxygens (including phenoxy) is 1. The van der Waals surface area contributed by atoms with Crippen LogP contribution in [0, 0.1) is 6.92 Å². The number of carbonyl (C=O) groups is 1. The highest BCUT2D eigenvalue weighted by atomic mass is 35.5. The number of hydrogen-bond donors (Lipinski definition) is 1. The molecule has 0 radical (unpaired) electrons. The maximum atomic E-state index is 12.4. The summed E-state index contributed by atoms with van der Waals surface area (Å²) in [5.74, 6) is -0.102. The molecule has 1 unspecified atom stereocenters. The quantitative estimate of drug-likeness (QED) is 0.817. The Balaban J connectivity index is 2.16. The molecule has 25 heavy (non-hydrogen) atoms. The minimum Gasteiger partial charge on any atom is -0.479 e. The van der Waals surface area contributed by atoms with Crippen molar-refractivity contribution in [3.8, 4) is 5.75 Å². The van der Waals surface area contributed by atoms with E-state index in [1.165, 1.54) is 18.2 Å². The third kappa shape index (κ3) is 5.11. The number of nitrogens with one attached hydrogen (secondary N) is 1. The zero-order valence-corrected chi connectivity index (χ0v) is 16.2. The number of hydrogen-bond acceptors (Lipinski definition) is 4. The van der Waals surface area contributed by atoms with Crippen molar-refractivity contribution in [2.24, 2.45) is 0 Å². The summed E-state index contributed by atoms with van der Waals surface area (Å²) in [6, 6.07) is 9.24. The fourth-order valence-electron chi connectivity index (χ4n) is 2.02. The third-order valence-electron chi connectivity index (χ3n) is 3.46. The number of carbonyl (C=O) groups excluding carboxylic acids is 1. The number of halogens is 2. The van der Waals surface area contributed by atoms with E-state index in [9.17, 15) is 13.2 Å². The van der Waals surface area contributed by atoms with Crippen LogP contribution in [-0.2, 0) is 14.6 Å². The smallest absolute Gasteiger partial charge is 0.265 e. The predicted molar refractivity (Wildman–Crippen MR) is 99.5 cm³/mol. The molecule has 0 aliphatic heterocycles. The summed E-state index contributed by atoms with van der Waals surface area (Å²) in [6.45, 7) is 3.33. The number of rotatable bonds is 5. The zero-order valence-electron chi connectivity index (χ0n) is 13.8. The van der Waals surface area contributed by atoms with Crippen molar-refractivity contribution in [3.05, 3.63) is 52.0 Å².